The second kappa shape index (κ2) is 7.78. The second-order valence-corrected chi connectivity index (χ2v) is 7.43. The molecule has 0 atom stereocenters. The van der Waals surface area contributed by atoms with Gasteiger partial charge in [-0.1, -0.05) is 60.7 Å². The molecule has 0 amide bonds. The van der Waals surface area contributed by atoms with Gasteiger partial charge in [-0.25, -0.2) is 4.98 Å². The maximum Gasteiger partial charge on any atom is 0.225 e. The molecule has 1 saturated carbocycles. The average molecular weight is 358 g/mol. The molecule has 4 heteroatoms. The average Bonchev–Trinajstić information content (AvgIpc) is 3.51. The topological polar surface area (TPSA) is 41.1 Å². The number of rotatable bonds is 7. The van der Waals surface area contributed by atoms with Gasteiger partial charge in [0.1, 0.15) is 5.82 Å². The van der Waals surface area contributed by atoms with Crippen LogP contribution in [0.2, 0.25) is 0 Å². The van der Waals surface area contributed by atoms with Crippen molar-refractivity contribution in [1.29, 1.82) is 0 Å². The Morgan fingerprint density at radius 2 is 1.63 bits per heavy atom. The van der Waals surface area contributed by atoms with Crippen LogP contribution in [0.4, 0.5) is 11.8 Å². The van der Waals surface area contributed by atoms with E-state index < -0.39 is 0 Å². The highest BCUT2D eigenvalue weighted by atomic mass is 15.2. The van der Waals surface area contributed by atoms with Gasteiger partial charge in [0.25, 0.3) is 0 Å². The zero-order valence-corrected chi connectivity index (χ0v) is 16.0. The van der Waals surface area contributed by atoms with Crippen molar-refractivity contribution in [2.75, 3.05) is 10.2 Å². The minimum absolute atomic E-state index is 0.331. The van der Waals surface area contributed by atoms with Crippen molar-refractivity contribution in [3.8, 4) is 11.3 Å². The van der Waals surface area contributed by atoms with Crippen LogP contribution >= 0.6 is 0 Å². The van der Waals surface area contributed by atoms with Gasteiger partial charge in [0.05, 0.1) is 5.69 Å². The summed E-state index contributed by atoms with van der Waals surface area (Å²) in [5, 5.41) is 3.48. The molecule has 0 unspecified atom stereocenters. The number of benzene rings is 2. The van der Waals surface area contributed by atoms with Gasteiger partial charge < -0.3 is 10.2 Å². The predicted octanol–water partition coefficient (Wildman–Crippen LogP) is 5.13. The maximum atomic E-state index is 4.86. The van der Waals surface area contributed by atoms with Crippen molar-refractivity contribution in [2.45, 2.75) is 45.3 Å². The van der Waals surface area contributed by atoms with Gasteiger partial charge in [-0.2, -0.15) is 4.98 Å². The first-order valence-corrected chi connectivity index (χ1v) is 9.70. The van der Waals surface area contributed by atoms with E-state index in [-0.39, 0.29) is 0 Å². The molecule has 1 aliphatic rings. The van der Waals surface area contributed by atoms with Crippen molar-refractivity contribution in [2.24, 2.45) is 0 Å². The van der Waals surface area contributed by atoms with Crippen LogP contribution in [0, 0.1) is 0 Å². The lowest BCUT2D eigenvalue weighted by atomic mass is 10.1. The van der Waals surface area contributed by atoms with E-state index >= 15 is 0 Å². The summed E-state index contributed by atoms with van der Waals surface area (Å²) in [5.74, 6) is 1.69. The normalized spacial score (nSPS) is 13.6. The van der Waals surface area contributed by atoms with Crippen LogP contribution in [0.5, 0.6) is 0 Å². The predicted molar refractivity (Wildman–Crippen MR) is 112 cm³/mol. The molecule has 1 aromatic heterocycles. The van der Waals surface area contributed by atoms with Gasteiger partial charge in [-0.05, 0) is 32.3 Å². The van der Waals surface area contributed by atoms with Gasteiger partial charge >= 0.3 is 0 Å². The molecule has 0 radical (unpaired) electrons. The standard InChI is InChI=1S/C23H26N4/c1-17(2)27(16-18-9-5-3-6-10-18)22-15-21(19-11-7-4-8-12-19)25-23(26-22)24-20-13-14-20/h3-12,15,17,20H,13-14,16H2,1-2H3,(H,24,25,26). The van der Waals surface area contributed by atoms with E-state index in [1.165, 1.54) is 18.4 Å². The number of anilines is 2. The van der Waals surface area contributed by atoms with E-state index in [1.807, 2.05) is 6.07 Å². The van der Waals surface area contributed by atoms with Gasteiger partial charge in [0, 0.05) is 30.3 Å². The third kappa shape index (κ3) is 4.45. The smallest absolute Gasteiger partial charge is 0.225 e. The molecular formula is C23H26N4. The van der Waals surface area contributed by atoms with E-state index in [0.29, 0.717) is 12.1 Å². The Labute approximate surface area is 161 Å². The van der Waals surface area contributed by atoms with Crippen LogP contribution in [-0.4, -0.2) is 22.1 Å². The van der Waals surface area contributed by atoms with Gasteiger partial charge in [0.2, 0.25) is 5.95 Å². The molecule has 4 rings (SSSR count). The number of aromatic nitrogens is 2. The second-order valence-electron chi connectivity index (χ2n) is 7.43. The molecule has 2 aromatic carbocycles. The summed E-state index contributed by atoms with van der Waals surface area (Å²) in [6.07, 6.45) is 2.40. The summed E-state index contributed by atoms with van der Waals surface area (Å²) >= 11 is 0. The van der Waals surface area contributed by atoms with E-state index in [9.17, 15) is 0 Å². The Kier molecular flexibility index (Phi) is 5.05. The van der Waals surface area contributed by atoms with E-state index in [1.54, 1.807) is 0 Å². The molecule has 1 N–H and O–H groups in total. The van der Waals surface area contributed by atoms with Crippen LogP contribution in [0.1, 0.15) is 32.3 Å². The Balaban J connectivity index is 1.72. The lowest BCUT2D eigenvalue weighted by Gasteiger charge is -2.28. The fraction of sp³-hybridized carbons (Fsp3) is 0.304. The molecule has 1 fully saturated rings. The highest BCUT2D eigenvalue weighted by Crippen LogP contribution is 2.28. The fourth-order valence-corrected chi connectivity index (χ4v) is 3.12. The summed E-state index contributed by atoms with van der Waals surface area (Å²) in [6.45, 7) is 5.25. The third-order valence-electron chi connectivity index (χ3n) is 4.81. The zero-order chi connectivity index (χ0) is 18.6. The molecule has 0 aliphatic heterocycles. The lowest BCUT2D eigenvalue weighted by molar-refractivity contribution is 0.672. The molecule has 138 valence electrons. The zero-order valence-electron chi connectivity index (χ0n) is 16.0. The lowest BCUT2D eigenvalue weighted by Crippen LogP contribution is -2.31. The quantitative estimate of drug-likeness (QED) is 0.635. The van der Waals surface area contributed by atoms with E-state index in [2.05, 4.69) is 84.7 Å². The summed E-state index contributed by atoms with van der Waals surface area (Å²) in [7, 11) is 0. The number of nitrogens with one attached hydrogen (secondary N) is 1. The van der Waals surface area contributed by atoms with Crippen molar-refractivity contribution in [1.82, 2.24) is 9.97 Å². The highest BCUT2D eigenvalue weighted by Gasteiger charge is 2.23. The van der Waals surface area contributed by atoms with Crippen LogP contribution in [0.3, 0.4) is 0 Å². The molecule has 0 saturated heterocycles. The van der Waals surface area contributed by atoms with Crippen molar-refractivity contribution >= 4 is 11.8 Å². The van der Waals surface area contributed by atoms with Crippen LogP contribution in [-0.2, 0) is 6.54 Å². The van der Waals surface area contributed by atoms with Gasteiger partial charge in [0.15, 0.2) is 0 Å². The Morgan fingerprint density at radius 3 is 2.26 bits per heavy atom. The maximum absolute atomic E-state index is 4.86. The van der Waals surface area contributed by atoms with E-state index in [0.717, 1.165) is 29.6 Å². The Bertz CT molecular complexity index is 873. The monoisotopic (exact) mass is 358 g/mol. The molecule has 3 aromatic rings. The first kappa shape index (κ1) is 17.5. The molecule has 0 bridgehead atoms. The SMILES string of the molecule is CC(C)N(Cc1ccccc1)c1cc(-c2ccccc2)nc(NC2CC2)n1. The summed E-state index contributed by atoms with van der Waals surface area (Å²) in [6, 6.07) is 23.9. The van der Waals surface area contributed by atoms with Crippen molar-refractivity contribution < 1.29 is 0 Å². The third-order valence-corrected chi connectivity index (χ3v) is 4.81. The number of hydrogen-bond donors (Lipinski definition) is 1. The van der Waals surface area contributed by atoms with Gasteiger partial charge in [-0.15, -0.1) is 0 Å². The molecular weight excluding hydrogens is 332 g/mol. The van der Waals surface area contributed by atoms with E-state index in [4.69, 9.17) is 9.97 Å². The molecule has 0 spiro atoms. The largest absolute Gasteiger partial charge is 0.351 e. The fourth-order valence-electron chi connectivity index (χ4n) is 3.12. The number of nitrogens with zero attached hydrogens (tertiary/aromatic N) is 3. The minimum Gasteiger partial charge on any atom is -0.351 e. The summed E-state index contributed by atoms with van der Waals surface area (Å²) < 4.78 is 0. The summed E-state index contributed by atoms with van der Waals surface area (Å²) in [5.41, 5.74) is 3.36. The molecule has 4 nitrogen and oxygen atoms in total. The molecule has 1 heterocycles. The number of hydrogen-bond acceptors (Lipinski definition) is 4. The van der Waals surface area contributed by atoms with Crippen molar-refractivity contribution in [3.63, 3.8) is 0 Å². The first-order valence-electron chi connectivity index (χ1n) is 9.70. The Morgan fingerprint density at radius 1 is 0.963 bits per heavy atom. The highest BCUT2D eigenvalue weighted by molar-refractivity contribution is 5.65. The minimum atomic E-state index is 0.331. The first-order chi connectivity index (χ1) is 13.2. The Hall–Kier alpha value is -2.88. The van der Waals surface area contributed by atoms with Crippen LogP contribution in [0.15, 0.2) is 66.7 Å². The molecule has 27 heavy (non-hydrogen) atoms. The van der Waals surface area contributed by atoms with Crippen LogP contribution < -0.4 is 10.2 Å². The van der Waals surface area contributed by atoms with Gasteiger partial charge in [-0.3, -0.25) is 0 Å². The summed E-state index contributed by atoms with van der Waals surface area (Å²) in [4.78, 5) is 12.0. The van der Waals surface area contributed by atoms with Crippen LogP contribution in [0.25, 0.3) is 11.3 Å². The molecule has 1 aliphatic carbocycles. The van der Waals surface area contributed by atoms with Crippen molar-refractivity contribution in [3.05, 3.63) is 72.3 Å².